The van der Waals surface area contributed by atoms with E-state index in [-0.39, 0.29) is 17.4 Å². The van der Waals surface area contributed by atoms with Crippen LogP contribution in [0.1, 0.15) is 18.2 Å². The summed E-state index contributed by atoms with van der Waals surface area (Å²) >= 11 is 7.12. The van der Waals surface area contributed by atoms with E-state index in [2.05, 4.69) is 10.3 Å². The van der Waals surface area contributed by atoms with Crippen LogP contribution in [0, 0.1) is 5.82 Å². The van der Waals surface area contributed by atoms with Gasteiger partial charge in [-0.3, -0.25) is 4.79 Å². The van der Waals surface area contributed by atoms with Crippen LogP contribution in [0.2, 0.25) is 5.02 Å². The molecule has 0 saturated carbocycles. The molecule has 0 aliphatic heterocycles. The van der Waals surface area contributed by atoms with Crippen LogP contribution in [0.5, 0.6) is 0 Å². The van der Waals surface area contributed by atoms with Gasteiger partial charge >= 0.3 is 5.97 Å². The summed E-state index contributed by atoms with van der Waals surface area (Å²) < 4.78 is 17.9. The van der Waals surface area contributed by atoms with Gasteiger partial charge in [-0.05, 0) is 24.6 Å². The Labute approximate surface area is 130 Å². The van der Waals surface area contributed by atoms with Gasteiger partial charge in [0.25, 0.3) is 0 Å². The first-order chi connectivity index (χ1) is 10.1. The summed E-state index contributed by atoms with van der Waals surface area (Å²) in [6, 6.07) is 4.55. The maximum absolute atomic E-state index is 13.0. The highest BCUT2D eigenvalue weighted by Gasteiger charge is 2.08. The molecule has 0 spiro atoms. The third kappa shape index (κ3) is 4.68. The van der Waals surface area contributed by atoms with E-state index in [0.29, 0.717) is 24.0 Å². The number of thiazole rings is 1. The number of nitrogens with one attached hydrogen (secondary N) is 1. The number of rotatable bonds is 6. The lowest BCUT2D eigenvalue weighted by Crippen LogP contribution is -2.07. The summed E-state index contributed by atoms with van der Waals surface area (Å²) in [5.41, 5.74) is 1.52. The van der Waals surface area contributed by atoms with Crippen molar-refractivity contribution in [3.63, 3.8) is 0 Å². The van der Waals surface area contributed by atoms with Crippen molar-refractivity contribution in [2.75, 3.05) is 11.9 Å². The molecule has 0 radical (unpaired) electrons. The number of nitrogens with zero attached hydrogens (tertiary/aromatic N) is 1. The average Bonchev–Trinajstić information content (AvgIpc) is 2.88. The number of benzene rings is 1. The molecule has 2 rings (SSSR count). The van der Waals surface area contributed by atoms with Crippen LogP contribution in [-0.2, 0) is 22.5 Å². The Balaban J connectivity index is 1.90. The number of aromatic nitrogens is 1. The molecule has 0 saturated heterocycles. The van der Waals surface area contributed by atoms with Gasteiger partial charge in [-0.15, -0.1) is 11.3 Å². The molecule has 0 fully saturated rings. The van der Waals surface area contributed by atoms with E-state index in [1.165, 1.54) is 17.4 Å². The van der Waals surface area contributed by atoms with Crippen molar-refractivity contribution in [3.05, 3.63) is 45.7 Å². The Morgan fingerprint density at radius 3 is 3.05 bits per heavy atom. The molecule has 1 heterocycles. The molecule has 0 bridgehead atoms. The normalized spacial score (nSPS) is 10.4. The van der Waals surface area contributed by atoms with Gasteiger partial charge in [-0.25, -0.2) is 9.37 Å². The first-order valence-electron chi connectivity index (χ1n) is 6.36. The number of anilines is 1. The monoisotopic (exact) mass is 328 g/mol. The SMILES string of the molecule is CCOC(=O)Cc1csc(NCc2ccc(F)c(Cl)c2)n1. The number of ether oxygens (including phenoxy) is 1. The fourth-order valence-electron chi connectivity index (χ4n) is 1.66. The highest BCUT2D eigenvalue weighted by atomic mass is 35.5. The molecule has 7 heteroatoms. The lowest BCUT2D eigenvalue weighted by molar-refractivity contribution is -0.142. The number of hydrogen-bond acceptors (Lipinski definition) is 5. The Hall–Kier alpha value is -1.66. The molecule has 0 aliphatic carbocycles. The number of esters is 1. The largest absolute Gasteiger partial charge is 0.466 e. The van der Waals surface area contributed by atoms with Gasteiger partial charge in [-0.2, -0.15) is 0 Å². The molecule has 1 aromatic heterocycles. The molecule has 2 aromatic rings. The second-order valence-corrected chi connectivity index (χ2v) is 5.49. The molecule has 21 heavy (non-hydrogen) atoms. The molecular weight excluding hydrogens is 315 g/mol. The second-order valence-electron chi connectivity index (χ2n) is 4.23. The molecule has 0 amide bonds. The van der Waals surface area contributed by atoms with E-state index in [1.807, 2.05) is 0 Å². The minimum atomic E-state index is -0.439. The van der Waals surface area contributed by atoms with Crippen molar-refractivity contribution in [1.29, 1.82) is 0 Å². The van der Waals surface area contributed by atoms with Crippen molar-refractivity contribution in [2.45, 2.75) is 19.9 Å². The van der Waals surface area contributed by atoms with Crippen LogP contribution in [0.25, 0.3) is 0 Å². The first kappa shape index (κ1) is 15.7. The quantitative estimate of drug-likeness (QED) is 0.822. The van der Waals surface area contributed by atoms with Crippen LogP contribution >= 0.6 is 22.9 Å². The van der Waals surface area contributed by atoms with E-state index >= 15 is 0 Å². The Kier molecular flexibility index (Phi) is 5.52. The van der Waals surface area contributed by atoms with Crippen molar-refractivity contribution in [3.8, 4) is 0 Å². The van der Waals surface area contributed by atoms with Crippen molar-refractivity contribution in [2.24, 2.45) is 0 Å². The van der Waals surface area contributed by atoms with Crippen LogP contribution in [-0.4, -0.2) is 17.6 Å². The minimum Gasteiger partial charge on any atom is -0.466 e. The van der Waals surface area contributed by atoms with Crippen molar-refractivity contribution < 1.29 is 13.9 Å². The second kappa shape index (κ2) is 7.38. The molecule has 112 valence electrons. The van der Waals surface area contributed by atoms with Gasteiger partial charge in [0.05, 0.1) is 23.7 Å². The lowest BCUT2D eigenvalue weighted by Gasteiger charge is -2.04. The fraction of sp³-hybridized carbons (Fsp3) is 0.286. The number of carbonyl (C=O) groups excluding carboxylic acids is 1. The van der Waals surface area contributed by atoms with E-state index < -0.39 is 5.82 Å². The Morgan fingerprint density at radius 1 is 1.52 bits per heavy atom. The highest BCUT2D eigenvalue weighted by Crippen LogP contribution is 2.19. The fourth-order valence-corrected chi connectivity index (χ4v) is 2.57. The predicted octanol–water partition coefficient (Wildman–Crippen LogP) is 3.65. The van der Waals surface area contributed by atoms with Gasteiger partial charge in [0.2, 0.25) is 0 Å². The number of hydrogen-bond donors (Lipinski definition) is 1. The third-order valence-electron chi connectivity index (χ3n) is 2.61. The summed E-state index contributed by atoms with van der Waals surface area (Å²) in [5, 5.41) is 5.69. The molecule has 1 N–H and O–H groups in total. The van der Waals surface area contributed by atoms with Gasteiger partial charge in [-0.1, -0.05) is 17.7 Å². The molecule has 0 atom stereocenters. The third-order valence-corrected chi connectivity index (χ3v) is 3.75. The smallest absolute Gasteiger partial charge is 0.311 e. The summed E-state index contributed by atoms with van der Waals surface area (Å²) in [4.78, 5) is 15.6. The summed E-state index contributed by atoms with van der Waals surface area (Å²) in [7, 11) is 0. The first-order valence-corrected chi connectivity index (χ1v) is 7.62. The topological polar surface area (TPSA) is 51.2 Å². The highest BCUT2D eigenvalue weighted by molar-refractivity contribution is 7.13. The summed E-state index contributed by atoms with van der Waals surface area (Å²) in [5.74, 6) is -0.731. The van der Waals surface area contributed by atoms with Crippen LogP contribution in [0.3, 0.4) is 0 Å². The molecule has 0 unspecified atom stereocenters. The maximum atomic E-state index is 13.0. The summed E-state index contributed by atoms with van der Waals surface area (Å²) in [6.45, 7) is 2.60. The molecule has 1 aromatic carbocycles. The van der Waals surface area contributed by atoms with Crippen LogP contribution < -0.4 is 5.32 Å². The minimum absolute atomic E-state index is 0.0939. The van der Waals surface area contributed by atoms with E-state index in [9.17, 15) is 9.18 Å². The van der Waals surface area contributed by atoms with E-state index in [4.69, 9.17) is 16.3 Å². The van der Waals surface area contributed by atoms with Gasteiger partial charge in [0.1, 0.15) is 5.82 Å². The van der Waals surface area contributed by atoms with Crippen molar-refractivity contribution >= 4 is 34.0 Å². The van der Waals surface area contributed by atoms with E-state index in [0.717, 1.165) is 5.56 Å². The van der Waals surface area contributed by atoms with Gasteiger partial charge < -0.3 is 10.1 Å². The maximum Gasteiger partial charge on any atom is 0.311 e. The standard InChI is InChI=1S/C14H14ClFN2O2S/c1-2-20-13(19)6-10-8-21-14(18-10)17-7-9-3-4-12(16)11(15)5-9/h3-5,8H,2,6-7H2,1H3,(H,17,18). The van der Waals surface area contributed by atoms with Crippen LogP contribution in [0.4, 0.5) is 9.52 Å². The van der Waals surface area contributed by atoms with Crippen molar-refractivity contribution in [1.82, 2.24) is 4.98 Å². The zero-order valence-corrected chi connectivity index (χ0v) is 12.9. The zero-order chi connectivity index (χ0) is 15.2. The molecule has 0 aliphatic rings. The Morgan fingerprint density at radius 2 is 2.33 bits per heavy atom. The zero-order valence-electron chi connectivity index (χ0n) is 11.4. The molecule has 4 nitrogen and oxygen atoms in total. The summed E-state index contributed by atoms with van der Waals surface area (Å²) in [6.07, 6.45) is 0.161. The number of halogens is 2. The Bertz CT molecular complexity index is 633. The van der Waals surface area contributed by atoms with Crippen LogP contribution in [0.15, 0.2) is 23.6 Å². The predicted molar refractivity (Wildman–Crippen MR) is 81.2 cm³/mol. The molecular formula is C14H14ClFN2O2S. The average molecular weight is 329 g/mol. The van der Waals surface area contributed by atoms with E-state index in [1.54, 1.807) is 24.4 Å². The lowest BCUT2D eigenvalue weighted by atomic mass is 10.2. The van der Waals surface area contributed by atoms with Gasteiger partial charge in [0, 0.05) is 11.9 Å². The van der Waals surface area contributed by atoms with Gasteiger partial charge in [0.15, 0.2) is 5.13 Å². The number of carbonyl (C=O) groups is 1.